The third-order valence-corrected chi connectivity index (χ3v) is 4.23. The molecule has 0 aromatic rings. The number of unbranched alkanes of at least 4 members (excludes halogenated alkanes) is 8. The molecule has 0 spiro atoms. The van der Waals surface area contributed by atoms with E-state index >= 15 is 0 Å². The SMILES string of the molecule is CCCCCCCCCCCC(=O)O[C@@H](C1OCCO1)[C@H](O)CO. The quantitative estimate of drug-likeness (QED) is 0.371. The van der Waals surface area contributed by atoms with E-state index in [1.165, 1.54) is 38.5 Å². The molecule has 0 aromatic heterocycles. The Morgan fingerprint density at radius 2 is 1.58 bits per heavy atom. The Kier molecular flexibility index (Phi) is 12.1. The van der Waals surface area contributed by atoms with Crippen LogP contribution in [0, 0.1) is 0 Å². The molecule has 1 saturated heterocycles. The van der Waals surface area contributed by atoms with Crippen LogP contribution >= 0.6 is 0 Å². The fourth-order valence-electron chi connectivity index (χ4n) is 2.78. The number of carbonyl (C=O) groups excluding carboxylic acids is 1. The van der Waals surface area contributed by atoms with Crippen molar-refractivity contribution in [2.45, 2.75) is 89.6 Å². The average molecular weight is 346 g/mol. The van der Waals surface area contributed by atoms with Crippen LogP contribution in [-0.4, -0.2) is 54.5 Å². The van der Waals surface area contributed by atoms with Gasteiger partial charge in [-0.1, -0.05) is 58.3 Å². The maximum Gasteiger partial charge on any atom is 0.306 e. The van der Waals surface area contributed by atoms with E-state index in [0.29, 0.717) is 19.6 Å². The van der Waals surface area contributed by atoms with E-state index in [0.717, 1.165) is 19.3 Å². The molecule has 1 aliphatic rings. The smallest absolute Gasteiger partial charge is 0.306 e. The second kappa shape index (κ2) is 13.6. The minimum absolute atomic E-state index is 0.317. The molecule has 24 heavy (non-hydrogen) atoms. The molecule has 142 valence electrons. The molecule has 1 rings (SSSR count). The Bertz CT molecular complexity index is 317. The Hall–Kier alpha value is -0.690. The van der Waals surface area contributed by atoms with Crippen molar-refractivity contribution in [2.75, 3.05) is 19.8 Å². The van der Waals surface area contributed by atoms with E-state index < -0.39 is 25.1 Å². The fourth-order valence-corrected chi connectivity index (χ4v) is 2.78. The number of hydrogen-bond donors (Lipinski definition) is 2. The van der Waals surface area contributed by atoms with E-state index in [1.807, 2.05) is 0 Å². The second-order valence-electron chi connectivity index (χ2n) is 6.39. The molecule has 0 bridgehead atoms. The van der Waals surface area contributed by atoms with Crippen molar-refractivity contribution in [1.82, 2.24) is 0 Å². The first-order valence-electron chi connectivity index (χ1n) is 9.40. The van der Waals surface area contributed by atoms with Gasteiger partial charge in [0.05, 0.1) is 19.8 Å². The van der Waals surface area contributed by atoms with Crippen molar-refractivity contribution in [3.63, 3.8) is 0 Å². The lowest BCUT2D eigenvalue weighted by Gasteiger charge is -2.25. The minimum Gasteiger partial charge on any atom is -0.454 e. The lowest BCUT2D eigenvalue weighted by molar-refractivity contribution is -0.195. The summed E-state index contributed by atoms with van der Waals surface area (Å²) < 4.78 is 15.8. The Balaban J connectivity index is 2.10. The zero-order valence-electron chi connectivity index (χ0n) is 15.0. The first-order chi connectivity index (χ1) is 11.7. The van der Waals surface area contributed by atoms with Crippen LogP contribution in [0.5, 0.6) is 0 Å². The summed E-state index contributed by atoms with van der Waals surface area (Å²) in [5.74, 6) is -0.380. The van der Waals surface area contributed by atoms with Gasteiger partial charge in [0.2, 0.25) is 0 Å². The fraction of sp³-hybridized carbons (Fsp3) is 0.944. The Morgan fingerprint density at radius 1 is 1.04 bits per heavy atom. The monoisotopic (exact) mass is 346 g/mol. The molecule has 0 unspecified atom stereocenters. The molecule has 0 aromatic carbocycles. The van der Waals surface area contributed by atoms with Crippen LogP contribution in [0.15, 0.2) is 0 Å². The Morgan fingerprint density at radius 3 is 2.12 bits per heavy atom. The zero-order chi connectivity index (χ0) is 17.6. The molecule has 2 N–H and O–H groups in total. The number of carbonyl (C=O) groups is 1. The van der Waals surface area contributed by atoms with Crippen LogP contribution < -0.4 is 0 Å². The van der Waals surface area contributed by atoms with Crippen LogP contribution in [0.4, 0.5) is 0 Å². The highest BCUT2D eigenvalue weighted by Crippen LogP contribution is 2.17. The predicted molar refractivity (Wildman–Crippen MR) is 90.5 cm³/mol. The minimum atomic E-state index is -1.19. The highest BCUT2D eigenvalue weighted by atomic mass is 16.7. The molecule has 6 heteroatoms. The molecule has 1 aliphatic heterocycles. The van der Waals surface area contributed by atoms with Gasteiger partial charge in [0.15, 0.2) is 12.4 Å². The van der Waals surface area contributed by atoms with Gasteiger partial charge in [-0.2, -0.15) is 0 Å². The van der Waals surface area contributed by atoms with Crippen LogP contribution in [-0.2, 0) is 19.0 Å². The molecule has 0 radical (unpaired) electrons. The topological polar surface area (TPSA) is 85.2 Å². The van der Waals surface area contributed by atoms with Gasteiger partial charge < -0.3 is 24.4 Å². The van der Waals surface area contributed by atoms with Crippen molar-refractivity contribution in [2.24, 2.45) is 0 Å². The van der Waals surface area contributed by atoms with Gasteiger partial charge in [0.25, 0.3) is 0 Å². The Labute approximate surface area is 145 Å². The van der Waals surface area contributed by atoms with Gasteiger partial charge >= 0.3 is 5.97 Å². The van der Waals surface area contributed by atoms with Crippen LogP contribution in [0.1, 0.15) is 71.1 Å². The van der Waals surface area contributed by atoms with Gasteiger partial charge in [-0.25, -0.2) is 0 Å². The molecule has 1 fully saturated rings. The standard InChI is InChI=1S/C18H34O6/c1-2-3-4-5-6-7-8-9-10-11-16(21)24-17(15(20)14-19)18-22-12-13-23-18/h15,17-20H,2-14H2,1H3/t15-,17-/m1/s1. The number of aliphatic hydroxyl groups excluding tert-OH is 2. The number of ether oxygens (including phenoxy) is 3. The summed E-state index contributed by atoms with van der Waals surface area (Å²) in [6.07, 6.45) is 7.98. The highest BCUT2D eigenvalue weighted by Gasteiger charge is 2.35. The summed E-state index contributed by atoms with van der Waals surface area (Å²) in [5.41, 5.74) is 0. The van der Waals surface area contributed by atoms with Crippen LogP contribution in [0.25, 0.3) is 0 Å². The van der Waals surface area contributed by atoms with E-state index in [9.17, 15) is 9.90 Å². The number of aliphatic hydroxyl groups is 2. The van der Waals surface area contributed by atoms with Gasteiger partial charge in [0, 0.05) is 6.42 Å². The first kappa shape index (κ1) is 21.4. The first-order valence-corrected chi connectivity index (χ1v) is 9.40. The summed E-state index contributed by atoms with van der Waals surface area (Å²) in [7, 11) is 0. The highest BCUT2D eigenvalue weighted by molar-refractivity contribution is 5.69. The molecular weight excluding hydrogens is 312 g/mol. The third-order valence-electron chi connectivity index (χ3n) is 4.23. The summed E-state index contributed by atoms with van der Waals surface area (Å²) in [6.45, 7) is 2.51. The number of esters is 1. The van der Waals surface area contributed by atoms with Crippen LogP contribution in [0.2, 0.25) is 0 Å². The zero-order valence-corrected chi connectivity index (χ0v) is 15.0. The van der Waals surface area contributed by atoms with Crippen molar-refractivity contribution < 1.29 is 29.2 Å². The summed E-state index contributed by atoms with van der Waals surface area (Å²) in [5, 5.41) is 18.8. The number of hydrogen-bond acceptors (Lipinski definition) is 6. The van der Waals surface area contributed by atoms with Gasteiger partial charge in [-0.3, -0.25) is 4.79 Å². The summed E-state index contributed by atoms with van der Waals surface area (Å²) >= 11 is 0. The van der Waals surface area contributed by atoms with E-state index in [1.54, 1.807) is 0 Å². The van der Waals surface area contributed by atoms with Crippen LogP contribution in [0.3, 0.4) is 0 Å². The molecule has 1 heterocycles. The van der Waals surface area contributed by atoms with E-state index in [4.69, 9.17) is 19.3 Å². The molecule has 6 nitrogen and oxygen atoms in total. The number of rotatable bonds is 14. The van der Waals surface area contributed by atoms with Crippen molar-refractivity contribution in [1.29, 1.82) is 0 Å². The van der Waals surface area contributed by atoms with Crippen molar-refractivity contribution in [3.8, 4) is 0 Å². The maximum atomic E-state index is 11.9. The van der Waals surface area contributed by atoms with Gasteiger partial charge in [0.1, 0.15) is 6.10 Å². The summed E-state index contributed by atoms with van der Waals surface area (Å²) in [4.78, 5) is 11.9. The molecule has 0 saturated carbocycles. The summed E-state index contributed by atoms with van der Waals surface area (Å²) in [6, 6.07) is 0. The molecule has 0 amide bonds. The van der Waals surface area contributed by atoms with Crippen molar-refractivity contribution >= 4 is 5.97 Å². The molecular formula is C18H34O6. The normalized spacial score (nSPS) is 17.8. The lowest BCUT2D eigenvalue weighted by Crippen LogP contribution is -2.43. The maximum absolute atomic E-state index is 11.9. The van der Waals surface area contributed by atoms with E-state index in [-0.39, 0.29) is 5.97 Å². The largest absolute Gasteiger partial charge is 0.454 e. The van der Waals surface area contributed by atoms with Gasteiger partial charge in [-0.05, 0) is 6.42 Å². The molecule has 2 atom stereocenters. The third kappa shape index (κ3) is 8.97. The predicted octanol–water partition coefficient (Wildman–Crippen LogP) is 2.55. The lowest BCUT2D eigenvalue weighted by atomic mass is 10.1. The average Bonchev–Trinajstić information content (AvgIpc) is 3.11. The molecule has 0 aliphatic carbocycles. The second-order valence-corrected chi connectivity index (χ2v) is 6.39. The van der Waals surface area contributed by atoms with E-state index in [2.05, 4.69) is 6.92 Å². The van der Waals surface area contributed by atoms with Crippen molar-refractivity contribution in [3.05, 3.63) is 0 Å². The van der Waals surface area contributed by atoms with Gasteiger partial charge in [-0.15, -0.1) is 0 Å².